The van der Waals surface area contributed by atoms with Crippen molar-refractivity contribution >= 4 is 22.8 Å². The number of ketones is 1. The van der Waals surface area contributed by atoms with Crippen molar-refractivity contribution in [2.24, 2.45) is 7.05 Å². The Morgan fingerprint density at radius 1 is 1.15 bits per heavy atom. The lowest BCUT2D eigenvalue weighted by atomic mass is 10.0. The summed E-state index contributed by atoms with van der Waals surface area (Å²) in [4.78, 5) is 12.7. The number of Topliss-reactive ketones (excluding diaryl/α,β-unsaturated/α-hetero) is 1. The van der Waals surface area contributed by atoms with E-state index in [1.54, 1.807) is 13.2 Å². The molecule has 6 nitrogen and oxygen atoms in total. The van der Waals surface area contributed by atoms with Crippen LogP contribution in [0.25, 0.3) is 17.0 Å². The lowest BCUT2D eigenvalue weighted by Gasteiger charge is -2.06. The van der Waals surface area contributed by atoms with Crippen LogP contribution in [-0.4, -0.2) is 27.7 Å². The van der Waals surface area contributed by atoms with Gasteiger partial charge in [0.1, 0.15) is 28.6 Å². The third-order valence-electron chi connectivity index (χ3n) is 5.07. The molecule has 0 spiro atoms. The van der Waals surface area contributed by atoms with Crippen molar-refractivity contribution in [3.05, 3.63) is 52.4 Å². The predicted octanol–water partition coefficient (Wildman–Crippen LogP) is 3.83. The largest absolute Gasteiger partial charge is 0.508 e. The van der Waals surface area contributed by atoms with E-state index in [4.69, 9.17) is 9.47 Å². The summed E-state index contributed by atoms with van der Waals surface area (Å²) < 4.78 is 13.1. The molecule has 0 fully saturated rings. The highest BCUT2D eigenvalue weighted by molar-refractivity contribution is 6.17. The van der Waals surface area contributed by atoms with Gasteiger partial charge in [0.25, 0.3) is 0 Å². The van der Waals surface area contributed by atoms with Gasteiger partial charge in [0.15, 0.2) is 5.76 Å². The molecule has 1 aliphatic rings. The smallest absolute Gasteiger partial charge is 0.235 e. The van der Waals surface area contributed by atoms with Crippen molar-refractivity contribution in [3.63, 3.8) is 0 Å². The Hall–Kier alpha value is -3.41. The molecule has 3 aromatic rings. The molecule has 0 amide bonds. The number of hydrogen-bond donors (Lipinski definition) is 2. The number of aryl methyl sites for hydroxylation is 2. The van der Waals surface area contributed by atoms with Gasteiger partial charge in [-0.2, -0.15) is 0 Å². The number of ether oxygens (including phenoxy) is 2. The lowest BCUT2D eigenvalue weighted by molar-refractivity contribution is 0.101. The highest BCUT2D eigenvalue weighted by atomic mass is 16.5. The van der Waals surface area contributed by atoms with Gasteiger partial charge in [-0.05, 0) is 37.6 Å². The zero-order valence-corrected chi connectivity index (χ0v) is 15.5. The Bertz CT molecular complexity index is 1150. The van der Waals surface area contributed by atoms with Gasteiger partial charge in [-0.15, -0.1) is 0 Å². The molecule has 1 aliphatic heterocycles. The third kappa shape index (κ3) is 2.44. The molecule has 0 saturated heterocycles. The molecule has 138 valence electrons. The van der Waals surface area contributed by atoms with Crippen LogP contribution in [-0.2, 0) is 7.05 Å². The number of nitrogens with zero attached hydrogens (tertiary/aromatic N) is 1. The summed E-state index contributed by atoms with van der Waals surface area (Å²) in [7, 11) is 3.58. The highest BCUT2D eigenvalue weighted by Crippen LogP contribution is 2.41. The minimum Gasteiger partial charge on any atom is -0.508 e. The number of hydrogen-bond acceptors (Lipinski definition) is 5. The van der Waals surface area contributed by atoms with E-state index >= 15 is 0 Å². The van der Waals surface area contributed by atoms with Crippen LogP contribution in [0.3, 0.4) is 0 Å². The zero-order chi connectivity index (χ0) is 19.5. The number of methoxy groups -OCH3 is 1. The fourth-order valence-electron chi connectivity index (χ4n) is 3.53. The summed E-state index contributed by atoms with van der Waals surface area (Å²) in [5.41, 5.74) is 3.90. The maximum absolute atomic E-state index is 12.7. The molecule has 0 saturated carbocycles. The lowest BCUT2D eigenvalue weighted by Crippen LogP contribution is -1.99. The second-order valence-corrected chi connectivity index (χ2v) is 6.67. The minimum atomic E-state index is -0.419. The third-order valence-corrected chi connectivity index (χ3v) is 5.07. The standard InChI is InChI=1S/C21H19NO5/c1-10-5-15-14(9-17(10)26-4)13(11(2)22(15)3)8-19-21(25)20-16(24)6-12(23)7-18(20)27-19/h5-9,23-24H,1-4H3/b19-8+. The number of phenolic OH excluding ortho intramolecular Hbond substituents is 2. The van der Waals surface area contributed by atoms with Gasteiger partial charge in [-0.25, -0.2) is 0 Å². The van der Waals surface area contributed by atoms with Gasteiger partial charge in [0.05, 0.1) is 7.11 Å². The maximum atomic E-state index is 12.7. The van der Waals surface area contributed by atoms with Crippen LogP contribution in [0, 0.1) is 13.8 Å². The highest BCUT2D eigenvalue weighted by Gasteiger charge is 2.32. The van der Waals surface area contributed by atoms with Crippen molar-refractivity contribution in [3.8, 4) is 23.0 Å². The summed E-state index contributed by atoms with van der Waals surface area (Å²) >= 11 is 0. The van der Waals surface area contributed by atoms with Gasteiger partial charge in [-0.1, -0.05) is 0 Å². The van der Waals surface area contributed by atoms with Crippen LogP contribution in [0.2, 0.25) is 0 Å². The van der Waals surface area contributed by atoms with Crippen molar-refractivity contribution in [2.45, 2.75) is 13.8 Å². The SMILES string of the molecule is COc1cc2c(/C=C3/Oc4cc(O)cc(O)c4C3=O)c(C)n(C)c2cc1C. The summed E-state index contributed by atoms with van der Waals surface area (Å²) in [5, 5.41) is 20.5. The molecule has 0 radical (unpaired) electrons. The first-order valence-corrected chi connectivity index (χ1v) is 8.45. The molecular formula is C21H19NO5. The molecular weight excluding hydrogens is 346 g/mol. The minimum absolute atomic E-state index is 0.0605. The zero-order valence-electron chi connectivity index (χ0n) is 15.5. The van der Waals surface area contributed by atoms with Crippen LogP contribution in [0.1, 0.15) is 27.2 Å². The van der Waals surface area contributed by atoms with E-state index in [0.29, 0.717) is 0 Å². The fraction of sp³-hybridized carbons (Fsp3) is 0.190. The number of rotatable bonds is 2. The van der Waals surface area contributed by atoms with Crippen LogP contribution in [0.15, 0.2) is 30.0 Å². The molecule has 2 aromatic carbocycles. The number of carbonyl (C=O) groups is 1. The summed E-state index contributed by atoms with van der Waals surface area (Å²) in [6.07, 6.45) is 1.67. The number of fused-ring (bicyclic) bond motifs is 2. The van der Waals surface area contributed by atoms with Crippen molar-refractivity contribution in [1.29, 1.82) is 0 Å². The van der Waals surface area contributed by atoms with E-state index in [2.05, 4.69) is 0 Å². The van der Waals surface area contributed by atoms with E-state index in [0.717, 1.165) is 39.5 Å². The number of benzene rings is 2. The summed E-state index contributed by atoms with van der Waals surface area (Å²) in [6, 6.07) is 6.43. The van der Waals surface area contributed by atoms with Gasteiger partial charge in [-0.3, -0.25) is 4.79 Å². The first-order chi connectivity index (χ1) is 12.8. The molecule has 0 bridgehead atoms. The van der Waals surface area contributed by atoms with E-state index < -0.39 is 5.78 Å². The number of carbonyl (C=O) groups excluding carboxylic acids is 1. The Labute approximate surface area is 155 Å². The molecule has 0 atom stereocenters. The second-order valence-electron chi connectivity index (χ2n) is 6.67. The Balaban J connectivity index is 1.90. The van der Waals surface area contributed by atoms with Crippen LogP contribution >= 0.6 is 0 Å². The molecule has 4 rings (SSSR count). The summed E-state index contributed by atoms with van der Waals surface area (Å²) in [6.45, 7) is 3.94. The number of aromatic nitrogens is 1. The monoisotopic (exact) mass is 365 g/mol. The van der Waals surface area contributed by atoms with Crippen LogP contribution in [0.4, 0.5) is 0 Å². The first-order valence-electron chi connectivity index (χ1n) is 8.45. The van der Waals surface area contributed by atoms with E-state index in [9.17, 15) is 15.0 Å². The molecule has 2 N–H and O–H groups in total. The van der Waals surface area contributed by atoms with Crippen LogP contribution < -0.4 is 9.47 Å². The Morgan fingerprint density at radius 2 is 1.89 bits per heavy atom. The first kappa shape index (κ1) is 17.0. The predicted molar refractivity (Wildman–Crippen MR) is 102 cm³/mol. The van der Waals surface area contributed by atoms with Crippen molar-refractivity contribution in [2.75, 3.05) is 7.11 Å². The van der Waals surface area contributed by atoms with Crippen molar-refractivity contribution in [1.82, 2.24) is 4.57 Å². The topological polar surface area (TPSA) is 80.9 Å². The number of allylic oxidation sites excluding steroid dienone is 1. The van der Waals surface area contributed by atoms with Crippen molar-refractivity contribution < 1.29 is 24.5 Å². The second kappa shape index (κ2) is 5.81. The molecule has 0 aliphatic carbocycles. The fourth-order valence-corrected chi connectivity index (χ4v) is 3.53. The van der Waals surface area contributed by atoms with E-state index in [-0.39, 0.29) is 28.6 Å². The molecule has 27 heavy (non-hydrogen) atoms. The maximum Gasteiger partial charge on any atom is 0.235 e. The van der Waals surface area contributed by atoms with Gasteiger partial charge < -0.3 is 24.3 Å². The average molecular weight is 365 g/mol. The Morgan fingerprint density at radius 3 is 2.59 bits per heavy atom. The number of phenols is 2. The molecule has 1 aromatic heterocycles. The Kier molecular flexibility index (Phi) is 3.66. The van der Waals surface area contributed by atoms with E-state index in [1.807, 2.05) is 37.6 Å². The quantitative estimate of drug-likeness (QED) is 0.675. The molecule has 6 heteroatoms. The van der Waals surface area contributed by atoms with E-state index in [1.165, 1.54) is 6.07 Å². The number of aromatic hydroxyl groups is 2. The summed E-state index contributed by atoms with van der Waals surface area (Å²) in [5.74, 6) is 0.124. The van der Waals surface area contributed by atoms with Gasteiger partial charge in [0.2, 0.25) is 5.78 Å². The average Bonchev–Trinajstić information content (AvgIpc) is 3.04. The molecule has 2 heterocycles. The van der Waals surface area contributed by atoms with Gasteiger partial charge >= 0.3 is 0 Å². The normalized spacial score (nSPS) is 14.7. The molecule has 0 unspecified atom stereocenters. The van der Waals surface area contributed by atoms with Gasteiger partial charge in [0, 0.05) is 41.3 Å². The van der Waals surface area contributed by atoms with Crippen LogP contribution in [0.5, 0.6) is 23.0 Å².